The van der Waals surface area contributed by atoms with Crippen molar-refractivity contribution in [3.8, 4) is 11.3 Å². The van der Waals surface area contributed by atoms with Gasteiger partial charge in [-0.25, -0.2) is 17.7 Å². The van der Waals surface area contributed by atoms with Crippen molar-refractivity contribution in [2.45, 2.75) is 16.2 Å². The Morgan fingerprint density at radius 3 is 2.38 bits per heavy atom. The number of hydrogen-bond donors (Lipinski definition) is 1. The number of sulfonamides is 1. The molecule has 0 bridgehead atoms. The van der Waals surface area contributed by atoms with Gasteiger partial charge in [0.15, 0.2) is 4.34 Å². The lowest BCUT2D eigenvalue weighted by Gasteiger charge is -2.11. The minimum Gasteiger partial charge on any atom is -0.325 e. The summed E-state index contributed by atoms with van der Waals surface area (Å²) in [6, 6.07) is 14.3. The van der Waals surface area contributed by atoms with Crippen LogP contribution in [0.15, 0.2) is 63.1 Å². The molecule has 0 atom stereocenters. The van der Waals surface area contributed by atoms with Gasteiger partial charge in [0.25, 0.3) is 0 Å². The number of nitrogens with one attached hydrogen (secondary N) is 1. The second-order valence-corrected chi connectivity index (χ2v) is 10.7. The van der Waals surface area contributed by atoms with Crippen molar-refractivity contribution in [2.24, 2.45) is 0 Å². The lowest BCUT2D eigenvalue weighted by atomic mass is 10.1. The third kappa shape index (κ3) is 5.45. The van der Waals surface area contributed by atoms with Crippen LogP contribution in [-0.2, 0) is 14.8 Å². The molecular weight excluding hydrogens is 426 g/mol. The van der Waals surface area contributed by atoms with E-state index >= 15 is 0 Å². The molecule has 0 aliphatic heterocycles. The highest BCUT2D eigenvalue weighted by Gasteiger charge is 2.17. The Morgan fingerprint density at radius 1 is 1.10 bits per heavy atom. The molecule has 0 aliphatic rings. The SMILES string of the molecule is Cc1ccc(-c2csc(SCC(=O)Nc3ccc(S(=O)(=O)N(C)C)cc3)n2)cc1. The first-order valence-electron chi connectivity index (χ1n) is 8.73. The number of thiazole rings is 1. The summed E-state index contributed by atoms with van der Waals surface area (Å²) in [5, 5.41) is 4.75. The van der Waals surface area contributed by atoms with Crippen LogP contribution in [-0.4, -0.2) is 43.5 Å². The zero-order chi connectivity index (χ0) is 21.0. The van der Waals surface area contributed by atoms with Crippen LogP contribution in [0.4, 0.5) is 5.69 Å². The predicted octanol–water partition coefficient (Wildman–Crippen LogP) is 4.10. The number of benzene rings is 2. The lowest BCUT2D eigenvalue weighted by molar-refractivity contribution is -0.113. The largest absolute Gasteiger partial charge is 0.325 e. The van der Waals surface area contributed by atoms with E-state index in [1.165, 1.54) is 54.9 Å². The third-order valence-electron chi connectivity index (χ3n) is 4.07. The maximum atomic E-state index is 12.2. The average molecular weight is 448 g/mol. The van der Waals surface area contributed by atoms with Gasteiger partial charge in [0.1, 0.15) is 0 Å². The number of rotatable bonds is 7. The van der Waals surface area contributed by atoms with Gasteiger partial charge in [-0.15, -0.1) is 11.3 Å². The van der Waals surface area contributed by atoms with Crippen molar-refractivity contribution in [2.75, 3.05) is 25.2 Å². The number of carbonyl (C=O) groups excluding carboxylic acids is 1. The Labute approximate surface area is 179 Å². The number of nitrogens with zero attached hydrogens (tertiary/aromatic N) is 2. The number of carbonyl (C=O) groups is 1. The van der Waals surface area contributed by atoms with Crippen LogP contribution in [0.25, 0.3) is 11.3 Å². The monoisotopic (exact) mass is 447 g/mol. The lowest BCUT2D eigenvalue weighted by Crippen LogP contribution is -2.22. The topological polar surface area (TPSA) is 79.4 Å². The molecule has 3 aromatic rings. The molecule has 0 spiro atoms. The molecule has 1 N–H and O–H groups in total. The number of thioether (sulfide) groups is 1. The highest BCUT2D eigenvalue weighted by molar-refractivity contribution is 8.01. The normalized spacial score (nSPS) is 11.6. The van der Waals surface area contributed by atoms with Gasteiger partial charge in [-0.1, -0.05) is 41.6 Å². The maximum Gasteiger partial charge on any atom is 0.242 e. The number of aromatic nitrogens is 1. The van der Waals surface area contributed by atoms with Crippen LogP contribution in [0.2, 0.25) is 0 Å². The van der Waals surface area contributed by atoms with E-state index in [4.69, 9.17) is 0 Å². The van der Waals surface area contributed by atoms with E-state index in [1.807, 2.05) is 36.6 Å². The molecule has 9 heteroatoms. The average Bonchev–Trinajstić information content (AvgIpc) is 3.16. The minimum atomic E-state index is -3.48. The Balaban J connectivity index is 1.56. The molecule has 2 aromatic carbocycles. The number of amides is 1. The van der Waals surface area contributed by atoms with Crippen molar-refractivity contribution in [3.63, 3.8) is 0 Å². The summed E-state index contributed by atoms with van der Waals surface area (Å²) in [6.07, 6.45) is 0. The molecule has 152 valence electrons. The van der Waals surface area contributed by atoms with Gasteiger partial charge in [-0.05, 0) is 31.2 Å². The molecule has 1 aromatic heterocycles. The van der Waals surface area contributed by atoms with Crippen molar-refractivity contribution in [3.05, 3.63) is 59.5 Å². The quantitative estimate of drug-likeness (QED) is 0.552. The van der Waals surface area contributed by atoms with Crippen LogP contribution >= 0.6 is 23.1 Å². The van der Waals surface area contributed by atoms with Gasteiger partial charge in [0.2, 0.25) is 15.9 Å². The van der Waals surface area contributed by atoms with Crippen molar-refractivity contribution in [1.29, 1.82) is 0 Å². The van der Waals surface area contributed by atoms with Gasteiger partial charge < -0.3 is 5.32 Å². The molecule has 29 heavy (non-hydrogen) atoms. The second-order valence-electron chi connectivity index (χ2n) is 6.51. The van der Waals surface area contributed by atoms with Gasteiger partial charge in [0, 0.05) is 30.7 Å². The zero-order valence-electron chi connectivity index (χ0n) is 16.2. The van der Waals surface area contributed by atoms with E-state index in [9.17, 15) is 13.2 Å². The third-order valence-corrected chi connectivity index (χ3v) is 7.92. The Bertz CT molecular complexity index is 1090. The van der Waals surface area contributed by atoms with Gasteiger partial charge in [-0.3, -0.25) is 4.79 Å². The summed E-state index contributed by atoms with van der Waals surface area (Å²) in [5.74, 6) is 0.0452. The minimum absolute atomic E-state index is 0.176. The summed E-state index contributed by atoms with van der Waals surface area (Å²) >= 11 is 2.88. The zero-order valence-corrected chi connectivity index (χ0v) is 18.7. The van der Waals surface area contributed by atoms with Crippen molar-refractivity contribution >= 4 is 44.7 Å². The number of aryl methyl sites for hydroxylation is 1. The molecule has 0 radical (unpaired) electrons. The van der Waals surface area contributed by atoms with E-state index in [0.29, 0.717) is 5.69 Å². The summed E-state index contributed by atoms with van der Waals surface area (Å²) in [4.78, 5) is 17.0. The van der Waals surface area contributed by atoms with Crippen molar-refractivity contribution in [1.82, 2.24) is 9.29 Å². The van der Waals surface area contributed by atoms with Crippen LogP contribution < -0.4 is 5.32 Å². The number of anilines is 1. The first-order chi connectivity index (χ1) is 13.8. The Morgan fingerprint density at radius 2 is 1.76 bits per heavy atom. The highest BCUT2D eigenvalue weighted by Crippen LogP contribution is 2.28. The maximum absolute atomic E-state index is 12.2. The number of hydrogen-bond acceptors (Lipinski definition) is 6. The highest BCUT2D eigenvalue weighted by atomic mass is 32.2. The van der Waals surface area contributed by atoms with Crippen LogP contribution in [0.1, 0.15) is 5.56 Å². The molecule has 0 unspecified atom stereocenters. The summed E-state index contributed by atoms with van der Waals surface area (Å²) in [5.41, 5.74) is 3.70. The molecule has 6 nitrogen and oxygen atoms in total. The van der Waals surface area contributed by atoms with Gasteiger partial charge >= 0.3 is 0 Å². The van der Waals surface area contributed by atoms with E-state index in [1.54, 1.807) is 12.1 Å². The summed E-state index contributed by atoms with van der Waals surface area (Å²) < 4.78 is 26.1. The molecule has 1 heterocycles. The van der Waals surface area contributed by atoms with Crippen molar-refractivity contribution < 1.29 is 13.2 Å². The predicted molar refractivity (Wildman–Crippen MR) is 119 cm³/mol. The second kappa shape index (κ2) is 9.08. The van der Waals surface area contributed by atoms with E-state index < -0.39 is 10.0 Å². The standard InChI is InChI=1S/C20H21N3O3S3/c1-14-4-6-15(7-5-14)18-12-27-20(22-18)28-13-19(24)21-16-8-10-17(11-9-16)29(25,26)23(2)3/h4-12H,13H2,1-3H3,(H,21,24). The first kappa shape index (κ1) is 21.5. The molecule has 1 amide bonds. The Hall–Kier alpha value is -2.20. The molecular formula is C20H21N3O3S3. The fraction of sp³-hybridized carbons (Fsp3) is 0.200. The first-order valence-corrected chi connectivity index (χ1v) is 12.0. The summed E-state index contributed by atoms with van der Waals surface area (Å²) in [7, 11) is -0.527. The molecule has 0 aliphatic carbocycles. The van der Waals surface area contributed by atoms with Crippen LogP contribution in [0.3, 0.4) is 0 Å². The van der Waals surface area contributed by atoms with Crippen LogP contribution in [0.5, 0.6) is 0 Å². The molecule has 0 saturated carbocycles. The Kier molecular flexibility index (Phi) is 6.74. The summed E-state index contributed by atoms with van der Waals surface area (Å²) in [6.45, 7) is 2.04. The fourth-order valence-electron chi connectivity index (χ4n) is 2.43. The van der Waals surface area contributed by atoms with E-state index in [2.05, 4.69) is 10.3 Å². The van der Waals surface area contributed by atoms with Gasteiger partial charge in [0.05, 0.1) is 16.3 Å². The van der Waals surface area contributed by atoms with Crippen LogP contribution in [0, 0.1) is 6.92 Å². The fourth-order valence-corrected chi connectivity index (χ4v) is 4.96. The smallest absolute Gasteiger partial charge is 0.242 e. The molecule has 3 rings (SSSR count). The molecule has 0 fully saturated rings. The van der Waals surface area contributed by atoms with E-state index in [0.717, 1.165) is 19.9 Å². The van der Waals surface area contributed by atoms with E-state index in [-0.39, 0.29) is 16.6 Å². The van der Waals surface area contributed by atoms with Gasteiger partial charge in [-0.2, -0.15) is 0 Å². The molecule has 0 saturated heterocycles.